The van der Waals surface area contributed by atoms with E-state index in [-0.39, 0.29) is 17.8 Å². The summed E-state index contributed by atoms with van der Waals surface area (Å²) < 4.78 is 5.89. The molecule has 144 valence electrons. The molecule has 0 aliphatic rings. The monoisotopic (exact) mass is 415 g/mol. The van der Waals surface area contributed by atoms with Crippen molar-refractivity contribution in [2.75, 3.05) is 11.1 Å². The minimum Gasteiger partial charge on any atom is -0.482 e. The Balaban J connectivity index is 1.77. The summed E-state index contributed by atoms with van der Waals surface area (Å²) in [6, 6.07) is 14.3. The summed E-state index contributed by atoms with van der Waals surface area (Å²) in [6.07, 6.45) is 1.13. The number of aromatic nitrogens is 1. The summed E-state index contributed by atoms with van der Waals surface area (Å²) in [5.41, 5.74) is 8.71. The van der Waals surface area contributed by atoms with E-state index in [1.807, 2.05) is 38.1 Å². The van der Waals surface area contributed by atoms with Crippen LogP contribution in [0, 0.1) is 6.92 Å². The standard InChI is InChI=1S/C21H19Cl2N3O2/c1-12-6-7-18(23)17(8-12)21(27)26-16-5-3-4-14(9-16)13(2)28-19-10-15(22)11-25-20(19)24/h3-11,13H,1-2H3,(H2,24,25)(H,26,27)/t13-/m0/s1. The van der Waals surface area contributed by atoms with Crippen molar-refractivity contribution >= 4 is 40.6 Å². The molecule has 1 atom stereocenters. The Hall–Kier alpha value is -2.76. The second-order valence-electron chi connectivity index (χ2n) is 6.36. The molecule has 28 heavy (non-hydrogen) atoms. The van der Waals surface area contributed by atoms with Crippen molar-refractivity contribution in [3.8, 4) is 5.75 Å². The number of pyridine rings is 1. The largest absolute Gasteiger partial charge is 0.482 e. The lowest BCUT2D eigenvalue weighted by atomic mass is 10.1. The molecule has 5 nitrogen and oxygen atoms in total. The molecule has 0 fully saturated rings. The van der Waals surface area contributed by atoms with Crippen LogP contribution in [0.5, 0.6) is 5.75 Å². The fourth-order valence-corrected chi connectivity index (χ4v) is 3.02. The first-order valence-corrected chi connectivity index (χ1v) is 9.34. The van der Waals surface area contributed by atoms with Gasteiger partial charge < -0.3 is 15.8 Å². The van der Waals surface area contributed by atoms with Gasteiger partial charge >= 0.3 is 0 Å². The molecule has 0 unspecified atom stereocenters. The molecule has 2 aromatic carbocycles. The van der Waals surface area contributed by atoms with Crippen LogP contribution in [0.3, 0.4) is 0 Å². The van der Waals surface area contributed by atoms with Gasteiger partial charge in [-0.3, -0.25) is 4.79 Å². The highest BCUT2D eigenvalue weighted by molar-refractivity contribution is 6.34. The number of ether oxygens (including phenoxy) is 1. The maximum atomic E-state index is 12.6. The van der Waals surface area contributed by atoms with Crippen molar-refractivity contribution in [1.82, 2.24) is 4.98 Å². The Morgan fingerprint density at radius 2 is 1.96 bits per heavy atom. The lowest BCUT2D eigenvalue weighted by molar-refractivity contribution is 0.102. The Kier molecular flexibility index (Phi) is 6.07. The first-order valence-electron chi connectivity index (χ1n) is 8.58. The number of halogens is 2. The minimum absolute atomic E-state index is 0.259. The van der Waals surface area contributed by atoms with Crippen LogP contribution < -0.4 is 15.8 Å². The molecule has 1 heterocycles. The second kappa shape index (κ2) is 8.50. The van der Waals surface area contributed by atoms with Crippen molar-refractivity contribution in [2.24, 2.45) is 0 Å². The van der Waals surface area contributed by atoms with E-state index < -0.39 is 0 Å². The number of nitrogens with two attached hydrogens (primary N) is 1. The van der Waals surface area contributed by atoms with E-state index in [1.165, 1.54) is 6.20 Å². The van der Waals surface area contributed by atoms with Crippen LogP contribution in [0.4, 0.5) is 11.5 Å². The highest BCUT2D eigenvalue weighted by Crippen LogP contribution is 2.29. The normalized spacial score (nSPS) is 11.7. The molecule has 0 aliphatic carbocycles. The molecule has 0 saturated carbocycles. The lowest BCUT2D eigenvalue weighted by Gasteiger charge is -2.17. The third-order valence-corrected chi connectivity index (χ3v) is 4.67. The molecule has 0 bridgehead atoms. The van der Waals surface area contributed by atoms with Crippen LogP contribution in [-0.4, -0.2) is 10.9 Å². The number of carbonyl (C=O) groups excluding carboxylic acids is 1. The SMILES string of the molecule is Cc1ccc(Cl)c(C(=O)Nc2cccc([C@H](C)Oc3cc(Cl)cnc3N)c2)c1. The summed E-state index contributed by atoms with van der Waals surface area (Å²) in [5, 5.41) is 3.71. The van der Waals surface area contributed by atoms with Gasteiger partial charge in [0.15, 0.2) is 11.6 Å². The van der Waals surface area contributed by atoms with E-state index in [2.05, 4.69) is 10.3 Å². The number of rotatable bonds is 5. The molecule has 3 rings (SSSR count). The summed E-state index contributed by atoms with van der Waals surface area (Å²) >= 11 is 12.1. The van der Waals surface area contributed by atoms with Crippen LogP contribution in [-0.2, 0) is 0 Å². The van der Waals surface area contributed by atoms with E-state index in [4.69, 9.17) is 33.7 Å². The van der Waals surface area contributed by atoms with Gasteiger partial charge in [-0.1, -0.05) is 47.0 Å². The minimum atomic E-state index is -0.332. The first-order chi connectivity index (χ1) is 13.3. The number of aryl methyl sites for hydroxylation is 1. The molecule has 1 amide bonds. The zero-order chi connectivity index (χ0) is 20.3. The number of carbonyl (C=O) groups is 1. The van der Waals surface area contributed by atoms with Gasteiger partial charge in [0.25, 0.3) is 5.91 Å². The number of amides is 1. The van der Waals surface area contributed by atoms with E-state index in [0.29, 0.717) is 27.0 Å². The maximum Gasteiger partial charge on any atom is 0.257 e. The van der Waals surface area contributed by atoms with Gasteiger partial charge in [0.2, 0.25) is 0 Å². The van der Waals surface area contributed by atoms with E-state index >= 15 is 0 Å². The van der Waals surface area contributed by atoms with Crippen molar-refractivity contribution in [2.45, 2.75) is 20.0 Å². The number of nitrogens with zero attached hydrogens (tertiary/aromatic N) is 1. The number of nitrogen functional groups attached to an aromatic ring is 1. The smallest absolute Gasteiger partial charge is 0.257 e. The molecule has 3 N–H and O–H groups in total. The van der Waals surface area contributed by atoms with Gasteiger partial charge in [-0.2, -0.15) is 0 Å². The predicted octanol–water partition coefficient (Wildman–Crippen LogP) is 5.67. The van der Waals surface area contributed by atoms with Gasteiger partial charge in [-0.25, -0.2) is 4.98 Å². The van der Waals surface area contributed by atoms with Crippen molar-refractivity contribution in [3.63, 3.8) is 0 Å². The number of nitrogens with one attached hydrogen (secondary N) is 1. The van der Waals surface area contributed by atoms with E-state index in [0.717, 1.165) is 11.1 Å². The predicted molar refractivity (Wildman–Crippen MR) is 113 cm³/mol. The highest BCUT2D eigenvalue weighted by Gasteiger charge is 2.14. The Labute approximate surface area is 173 Å². The highest BCUT2D eigenvalue weighted by atomic mass is 35.5. The Morgan fingerprint density at radius 3 is 2.75 bits per heavy atom. The number of anilines is 2. The zero-order valence-corrected chi connectivity index (χ0v) is 16.9. The van der Waals surface area contributed by atoms with Crippen LogP contribution in [0.1, 0.15) is 34.5 Å². The van der Waals surface area contributed by atoms with Gasteiger partial charge in [-0.05, 0) is 43.7 Å². The summed E-state index contributed by atoms with van der Waals surface area (Å²) in [4.78, 5) is 16.6. The third kappa shape index (κ3) is 4.74. The number of benzene rings is 2. The molecule has 0 radical (unpaired) electrons. The molecule has 0 saturated heterocycles. The number of hydrogen-bond acceptors (Lipinski definition) is 4. The molecule has 0 spiro atoms. The average molecular weight is 416 g/mol. The summed E-state index contributed by atoms with van der Waals surface area (Å²) in [5.74, 6) is 0.387. The third-order valence-electron chi connectivity index (χ3n) is 4.13. The molecule has 3 aromatic rings. The molecule has 1 aromatic heterocycles. The maximum absolute atomic E-state index is 12.6. The number of hydrogen-bond donors (Lipinski definition) is 2. The first kappa shape index (κ1) is 20.0. The van der Waals surface area contributed by atoms with Gasteiger partial charge in [0, 0.05) is 18.0 Å². The van der Waals surface area contributed by atoms with Gasteiger partial charge in [-0.15, -0.1) is 0 Å². The summed E-state index contributed by atoms with van der Waals surface area (Å²) in [6.45, 7) is 3.78. The molecule has 7 heteroatoms. The lowest BCUT2D eigenvalue weighted by Crippen LogP contribution is -2.13. The van der Waals surface area contributed by atoms with Crippen LogP contribution in [0.2, 0.25) is 10.0 Å². The average Bonchev–Trinajstić information content (AvgIpc) is 2.66. The van der Waals surface area contributed by atoms with E-state index in [9.17, 15) is 4.79 Å². The van der Waals surface area contributed by atoms with Gasteiger partial charge in [0.1, 0.15) is 6.10 Å². The van der Waals surface area contributed by atoms with Crippen LogP contribution in [0.25, 0.3) is 0 Å². The second-order valence-corrected chi connectivity index (χ2v) is 7.20. The van der Waals surface area contributed by atoms with Crippen LogP contribution in [0.15, 0.2) is 54.7 Å². The Morgan fingerprint density at radius 1 is 1.18 bits per heavy atom. The van der Waals surface area contributed by atoms with E-state index in [1.54, 1.807) is 24.3 Å². The zero-order valence-electron chi connectivity index (χ0n) is 15.4. The van der Waals surface area contributed by atoms with Crippen molar-refractivity contribution < 1.29 is 9.53 Å². The topological polar surface area (TPSA) is 77.2 Å². The fraction of sp³-hybridized carbons (Fsp3) is 0.143. The molecular formula is C21H19Cl2N3O2. The summed E-state index contributed by atoms with van der Waals surface area (Å²) in [7, 11) is 0. The van der Waals surface area contributed by atoms with Crippen molar-refractivity contribution in [1.29, 1.82) is 0 Å². The van der Waals surface area contributed by atoms with Gasteiger partial charge in [0.05, 0.1) is 15.6 Å². The fourth-order valence-electron chi connectivity index (χ4n) is 2.66. The van der Waals surface area contributed by atoms with Crippen LogP contribution >= 0.6 is 23.2 Å². The molecular weight excluding hydrogens is 397 g/mol. The quantitative estimate of drug-likeness (QED) is 0.562. The Bertz CT molecular complexity index is 1020. The molecule has 0 aliphatic heterocycles. The van der Waals surface area contributed by atoms with Crippen molar-refractivity contribution in [3.05, 3.63) is 81.5 Å².